The van der Waals surface area contributed by atoms with Crippen LogP contribution in [0.4, 0.5) is 5.82 Å². The Morgan fingerprint density at radius 1 is 1.08 bits per heavy atom. The molecule has 3 N–H and O–H groups in total. The zero-order chi connectivity index (χ0) is 17.3. The van der Waals surface area contributed by atoms with Gasteiger partial charge in [0, 0.05) is 25.0 Å². The van der Waals surface area contributed by atoms with Crippen molar-refractivity contribution in [1.82, 2.24) is 15.6 Å². The van der Waals surface area contributed by atoms with Crippen LogP contribution in [0.3, 0.4) is 0 Å². The first-order valence-electron chi connectivity index (χ1n) is 8.48. The van der Waals surface area contributed by atoms with Gasteiger partial charge in [0.15, 0.2) is 5.96 Å². The third-order valence-electron chi connectivity index (χ3n) is 3.67. The number of anilines is 1. The van der Waals surface area contributed by atoms with E-state index < -0.39 is 0 Å². The second kappa shape index (κ2) is 11.0. The van der Waals surface area contributed by atoms with Crippen molar-refractivity contribution in [2.45, 2.75) is 13.5 Å². The van der Waals surface area contributed by atoms with Crippen LogP contribution in [-0.2, 0) is 6.54 Å². The molecular formula is C19H24IN5S. The number of benzene rings is 1. The largest absolute Gasteiger partial charge is 0.368 e. The van der Waals surface area contributed by atoms with E-state index in [0.717, 1.165) is 42.3 Å². The summed E-state index contributed by atoms with van der Waals surface area (Å²) in [5.41, 5.74) is 2.24. The highest BCUT2D eigenvalue weighted by Gasteiger charge is 1.99. The average Bonchev–Trinajstić information content (AvgIpc) is 3.16. The Morgan fingerprint density at radius 3 is 2.77 bits per heavy atom. The first-order chi connectivity index (χ1) is 12.3. The summed E-state index contributed by atoms with van der Waals surface area (Å²) >= 11 is 1.70. The quantitative estimate of drug-likeness (QED) is 0.206. The summed E-state index contributed by atoms with van der Waals surface area (Å²) in [5.74, 6) is 1.72. The lowest BCUT2D eigenvalue weighted by molar-refractivity contribution is 0.819. The predicted octanol–water partition coefficient (Wildman–Crippen LogP) is 4.08. The van der Waals surface area contributed by atoms with E-state index in [1.54, 1.807) is 11.3 Å². The van der Waals surface area contributed by atoms with Crippen LogP contribution in [0, 0.1) is 0 Å². The van der Waals surface area contributed by atoms with Gasteiger partial charge in [0.05, 0.1) is 12.1 Å². The molecule has 0 amide bonds. The van der Waals surface area contributed by atoms with Crippen molar-refractivity contribution < 1.29 is 0 Å². The van der Waals surface area contributed by atoms with Crippen LogP contribution in [0.15, 0.2) is 58.2 Å². The second-order valence-corrected chi connectivity index (χ2v) is 6.35. The highest BCUT2D eigenvalue weighted by atomic mass is 127. The molecule has 3 rings (SSSR count). The highest BCUT2D eigenvalue weighted by molar-refractivity contribution is 14.0. The van der Waals surface area contributed by atoms with Gasteiger partial charge < -0.3 is 16.0 Å². The SMILES string of the molecule is CCNC(=NCc1ccsc1)NCCNc1ccc2ccccc2n1.I. The molecule has 3 aromatic rings. The van der Waals surface area contributed by atoms with Crippen LogP contribution >= 0.6 is 35.3 Å². The summed E-state index contributed by atoms with van der Waals surface area (Å²) < 4.78 is 0. The van der Waals surface area contributed by atoms with Gasteiger partial charge in [0.1, 0.15) is 5.82 Å². The number of rotatable bonds is 7. The number of fused-ring (bicyclic) bond motifs is 1. The molecule has 0 saturated carbocycles. The van der Waals surface area contributed by atoms with E-state index in [1.807, 2.05) is 24.3 Å². The molecule has 2 heterocycles. The monoisotopic (exact) mass is 481 g/mol. The number of halogens is 1. The Bertz CT molecular complexity index is 820. The van der Waals surface area contributed by atoms with Crippen molar-refractivity contribution in [3.05, 3.63) is 58.8 Å². The molecule has 138 valence electrons. The summed E-state index contributed by atoms with van der Waals surface area (Å²) in [5, 5.41) is 15.3. The van der Waals surface area contributed by atoms with E-state index in [2.05, 4.69) is 61.8 Å². The molecule has 0 aliphatic heterocycles. The maximum Gasteiger partial charge on any atom is 0.191 e. The normalized spacial score (nSPS) is 11.0. The fourth-order valence-corrected chi connectivity index (χ4v) is 3.09. The lowest BCUT2D eigenvalue weighted by Crippen LogP contribution is -2.39. The maximum absolute atomic E-state index is 4.61. The zero-order valence-corrected chi connectivity index (χ0v) is 17.9. The molecule has 26 heavy (non-hydrogen) atoms. The molecule has 0 bridgehead atoms. The van der Waals surface area contributed by atoms with E-state index >= 15 is 0 Å². The topological polar surface area (TPSA) is 61.3 Å². The summed E-state index contributed by atoms with van der Waals surface area (Å²) in [7, 11) is 0. The van der Waals surface area contributed by atoms with Gasteiger partial charge >= 0.3 is 0 Å². The smallest absolute Gasteiger partial charge is 0.191 e. The molecule has 1 aromatic carbocycles. The lowest BCUT2D eigenvalue weighted by Gasteiger charge is -2.12. The van der Waals surface area contributed by atoms with Gasteiger partial charge in [-0.05, 0) is 47.5 Å². The second-order valence-electron chi connectivity index (χ2n) is 5.57. The Balaban J connectivity index is 0.00000243. The Morgan fingerprint density at radius 2 is 1.96 bits per heavy atom. The standard InChI is InChI=1S/C19H23N5S.HI/c1-2-20-19(23-13-15-9-12-25-14-15)22-11-10-21-18-8-7-16-5-3-4-6-17(16)24-18;/h3-9,12,14H,2,10-11,13H2,1H3,(H,21,24)(H2,20,22,23);1H. The number of nitrogens with zero attached hydrogens (tertiary/aromatic N) is 2. The Kier molecular flexibility index (Phi) is 8.63. The molecule has 0 fully saturated rings. The molecule has 0 aliphatic rings. The van der Waals surface area contributed by atoms with Gasteiger partial charge in [0.25, 0.3) is 0 Å². The minimum absolute atomic E-state index is 0. The lowest BCUT2D eigenvalue weighted by atomic mass is 10.2. The molecule has 2 aromatic heterocycles. The van der Waals surface area contributed by atoms with E-state index in [0.29, 0.717) is 6.54 Å². The maximum atomic E-state index is 4.61. The van der Waals surface area contributed by atoms with Crippen molar-refractivity contribution in [2.24, 2.45) is 4.99 Å². The zero-order valence-electron chi connectivity index (χ0n) is 14.7. The third kappa shape index (κ3) is 6.14. The van der Waals surface area contributed by atoms with Gasteiger partial charge in [0.2, 0.25) is 0 Å². The van der Waals surface area contributed by atoms with E-state index in [4.69, 9.17) is 0 Å². The molecule has 5 nitrogen and oxygen atoms in total. The van der Waals surface area contributed by atoms with Gasteiger partial charge in [-0.15, -0.1) is 24.0 Å². The molecular weight excluding hydrogens is 457 g/mol. The number of pyridine rings is 1. The van der Waals surface area contributed by atoms with Crippen LogP contribution < -0.4 is 16.0 Å². The van der Waals surface area contributed by atoms with Gasteiger partial charge in [-0.25, -0.2) is 9.98 Å². The van der Waals surface area contributed by atoms with Crippen molar-refractivity contribution in [1.29, 1.82) is 0 Å². The average molecular weight is 481 g/mol. The van der Waals surface area contributed by atoms with Crippen molar-refractivity contribution >= 4 is 58.0 Å². The van der Waals surface area contributed by atoms with Crippen LogP contribution in [0.5, 0.6) is 0 Å². The van der Waals surface area contributed by atoms with Crippen LogP contribution in [0.25, 0.3) is 10.9 Å². The third-order valence-corrected chi connectivity index (χ3v) is 4.40. The molecule has 0 atom stereocenters. The minimum Gasteiger partial charge on any atom is -0.368 e. The Hall–Kier alpha value is -1.87. The number of para-hydroxylation sites is 1. The highest BCUT2D eigenvalue weighted by Crippen LogP contribution is 2.14. The molecule has 0 spiro atoms. The molecule has 0 unspecified atom stereocenters. The molecule has 7 heteroatoms. The molecule has 0 aliphatic carbocycles. The summed E-state index contributed by atoms with van der Waals surface area (Å²) in [4.78, 5) is 9.21. The van der Waals surface area contributed by atoms with Gasteiger partial charge in [-0.3, -0.25) is 0 Å². The number of guanidine groups is 1. The summed E-state index contributed by atoms with van der Waals surface area (Å²) in [6.07, 6.45) is 0. The molecule has 0 saturated heterocycles. The van der Waals surface area contributed by atoms with E-state index in [-0.39, 0.29) is 24.0 Å². The first-order valence-corrected chi connectivity index (χ1v) is 9.42. The number of aromatic nitrogens is 1. The van der Waals surface area contributed by atoms with Crippen molar-refractivity contribution in [3.63, 3.8) is 0 Å². The fraction of sp³-hybridized carbons (Fsp3) is 0.263. The van der Waals surface area contributed by atoms with Crippen molar-refractivity contribution in [3.8, 4) is 0 Å². The summed E-state index contributed by atoms with van der Waals surface area (Å²) in [6.45, 7) is 5.14. The van der Waals surface area contributed by atoms with E-state index in [9.17, 15) is 0 Å². The number of hydrogen-bond donors (Lipinski definition) is 3. The number of nitrogens with one attached hydrogen (secondary N) is 3. The summed E-state index contributed by atoms with van der Waals surface area (Å²) in [6, 6.07) is 14.3. The van der Waals surface area contributed by atoms with Gasteiger partial charge in [-0.2, -0.15) is 11.3 Å². The first kappa shape index (κ1) is 20.4. The number of thiophene rings is 1. The number of hydrogen-bond acceptors (Lipinski definition) is 4. The van der Waals surface area contributed by atoms with Crippen LogP contribution in [0.2, 0.25) is 0 Å². The minimum atomic E-state index is 0. The van der Waals surface area contributed by atoms with E-state index in [1.165, 1.54) is 5.56 Å². The fourth-order valence-electron chi connectivity index (χ4n) is 2.43. The van der Waals surface area contributed by atoms with Crippen molar-refractivity contribution in [2.75, 3.05) is 25.0 Å². The molecule has 0 radical (unpaired) electrons. The van der Waals surface area contributed by atoms with Gasteiger partial charge in [-0.1, -0.05) is 18.2 Å². The predicted molar refractivity (Wildman–Crippen MR) is 123 cm³/mol. The Labute approximate surface area is 175 Å². The number of aliphatic imine (C=N–C) groups is 1. The van der Waals surface area contributed by atoms with Crippen LogP contribution in [-0.4, -0.2) is 30.6 Å². The van der Waals surface area contributed by atoms with Crippen LogP contribution in [0.1, 0.15) is 12.5 Å².